The Morgan fingerprint density at radius 2 is 0.717 bits per heavy atom. The van der Waals surface area contributed by atoms with Crippen LogP contribution in [0.25, 0.3) is 0 Å². The largest absolute Gasteiger partial charge is 0.103 e. The van der Waals surface area contributed by atoms with Crippen LogP contribution in [-0.4, -0.2) is 18.5 Å². The van der Waals surface area contributed by atoms with Crippen molar-refractivity contribution in [2.24, 2.45) is 0 Å². The summed E-state index contributed by atoms with van der Waals surface area (Å²) in [4.78, 5) is 0. The molecule has 0 aromatic heterocycles. The molecule has 0 amide bonds. The minimum atomic E-state index is -0.953. The second kappa shape index (κ2) is 34.3. The second-order valence-corrected chi connectivity index (χ2v) is 19.5. The van der Waals surface area contributed by atoms with Gasteiger partial charge in [0.05, 0.1) is 24.6 Å². The number of unbranched alkanes of at least 4 members (excludes halogenated alkanes) is 28. The van der Waals surface area contributed by atoms with Crippen molar-refractivity contribution >= 4 is 7.26 Å². The summed E-state index contributed by atoms with van der Waals surface area (Å²) in [6.07, 6.45) is 53.1. The van der Waals surface area contributed by atoms with Crippen LogP contribution in [-0.2, 0) is 6.16 Å². The summed E-state index contributed by atoms with van der Waals surface area (Å²) < 4.78 is 0. The van der Waals surface area contributed by atoms with E-state index < -0.39 is 7.26 Å². The van der Waals surface area contributed by atoms with Crippen LogP contribution >= 0.6 is 7.26 Å². The molecule has 0 aliphatic heterocycles. The number of rotatable bonds is 37. The van der Waals surface area contributed by atoms with Crippen LogP contribution in [0.5, 0.6) is 0 Å². The molecule has 0 radical (unpaired) electrons. The molecule has 0 atom stereocenters. The first-order chi connectivity index (χ1) is 22.8. The Hall–Kier alpha value is -0.610. The van der Waals surface area contributed by atoms with E-state index in [1.54, 1.807) is 24.0 Å². The summed E-state index contributed by atoms with van der Waals surface area (Å²) in [6.45, 7) is 8.51. The quantitative estimate of drug-likeness (QED) is 0.0380. The zero-order valence-corrected chi connectivity index (χ0v) is 32.8. The first-order valence-electron chi connectivity index (χ1n) is 21.3. The molecule has 0 saturated heterocycles. The molecule has 0 bridgehead atoms. The van der Waals surface area contributed by atoms with Crippen molar-refractivity contribution in [1.82, 2.24) is 0 Å². The average molecular weight is 656 g/mol. The fourth-order valence-corrected chi connectivity index (χ4v) is 12.4. The maximum Gasteiger partial charge on any atom is 0.0842 e. The molecule has 0 nitrogen and oxygen atoms in total. The zero-order valence-electron chi connectivity index (χ0n) is 31.9. The highest BCUT2D eigenvalue weighted by Gasteiger charge is 2.35. The Kier molecular flexibility index (Phi) is 32.3. The predicted octanol–water partition coefficient (Wildman–Crippen LogP) is 16.5. The van der Waals surface area contributed by atoms with Crippen molar-refractivity contribution in [2.75, 3.05) is 18.5 Å². The highest BCUT2D eigenvalue weighted by Crippen LogP contribution is 2.63. The van der Waals surface area contributed by atoms with E-state index in [1.165, 1.54) is 205 Å². The van der Waals surface area contributed by atoms with Crippen molar-refractivity contribution in [3.05, 3.63) is 48.6 Å². The lowest BCUT2D eigenvalue weighted by Gasteiger charge is -2.28. The first kappa shape index (κ1) is 43.4. The van der Waals surface area contributed by atoms with E-state index in [4.69, 9.17) is 0 Å². The lowest BCUT2D eigenvalue weighted by molar-refractivity contribution is 0.556. The van der Waals surface area contributed by atoms with Gasteiger partial charge in [0.15, 0.2) is 0 Å². The summed E-state index contributed by atoms with van der Waals surface area (Å²) >= 11 is 0. The summed E-state index contributed by atoms with van der Waals surface area (Å²) in [5.41, 5.74) is 1.64. The Bertz CT molecular complexity index is 700. The molecular formula is C45H84P+. The maximum absolute atomic E-state index is 3.86. The second-order valence-electron chi connectivity index (χ2n) is 15.1. The molecule has 0 aliphatic rings. The van der Waals surface area contributed by atoms with Crippen molar-refractivity contribution in [3.63, 3.8) is 0 Å². The summed E-state index contributed by atoms with van der Waals surface area (Å²) in [5.74, 6) is 0. The van der Waals surface area contributed by atoms with E-state index in [2.05, 4.69) is 56.8 Å². The third kappa shape index (κ3) is 27.4. The minimum Gasteiger partial charge on any atom is -0.103 e. The van der Waals surface area contributed by atoms with E-state index in [9.17, 15) is 0 Å². The van der Waals surface area contributed by atoms with Gasteiger partial charge in [-0.05, 0) is 56.9 Å². The van der Waals surface area contributed by atoms with Gasteiger partial charge in [0.1, 0.15) is 0 Å². The van der Waals surface area contributed by atoms with Crippen LogP contribution in [0.15, 0.2) is 43.0 Å². The lowest BCUT2D eigenvalue weighted by Crippen LogP contribution is -2.12. The van der Waals surface area contributed by atoms with Crippen molar-refractivity contribution in [2.45, 2.75) is 219 Å². The summed E-state index contributed by atoms with van der Waals surface area (Å²) in [7, 11) is -0.953. The van der Waals surface area contributed by atoms with Crippen molar-refractivity contribution in [3.8, 4) is 0 Å². The van der Waals surface area contributed by atoms with E-state index in [1.807, 2.05) is 0 Å². The Labute approximate surface area is 292 Å². The van der Waals surface area contributed by atoms with Crippen LogP contribution in [0.3, 0.4) is 0 Å². The van der Waals surface area contributed by atoms with Gasteiger partial charge in [-0.3, -0.25) is 0 Å². The number of hydrogen-bond donors (Lipinski definition) is 0. The molecule has 0 heterocycles. The molecule has 0 unspecified atom stereocenters. The predicted molar refractivity (Wildman–Crippen MR) is 216 cm³/mol. The van der Waals surface area contributed by atoms with Crippen molar-refractivity contribution < 1.29 is 0 Å². The van der Waals surface area contributed by atoms with E-state index in [0.717, 1.165) is 0 Å². The van der Waals surface area contributed by atoms with Gasteiger partial charge in [-0.2, -0.15) is 0 Å². The third-order valence-electron chi connectivity index (χ3n) is 10.6. The maximum atomic E-state index is 3.86. The van der Waals surface area contributed by atoms with Crippen LogP contribution in [0.2, 0.25) is 0 Å². The molecule has 268 valence electrons. The molecule has 46 heavy (non-hydrogen) atoms. The molecule has 1 aromatic carbocycles. The summed E-state index contributed by atoms with van der Waals surface area (Å²) in [6, 6.07) is 11.7. The highest BCUT2D eigenvalue weighted by atomic mass is 31.2. The lowest BCUT2D eigenvalue weighted by atomic mass is 10.1. The fourth-order valence-electron chi connectivity index (χ4n) is 7.56. The van der Waals surface area contributed by atoms with Crippen LogP contribution in [0.1, 0.15) is 218 Å². The Balaban J connectivity index is 2.56. The van der Waals surface area contributed by atoms with Gasteiger partial charge in [0.2, 0.25) is 0 Å². The number of benzene rings is 1. The van der Waals surface area contributed by atoms with E-state index >= 15 is 0 Å². The molecule has 0 N–H and O–H groups in total. The highest BCUT2D eigenvalue weighted by molar-refractivity contribution is 7.75. The molecular weight excluding hydrogens is 571 g/mol. The van der Waals surface area contributed by atoms with Gasteiger partial charge in [0.25, 0.3) is 0 Å². The minimum absolute atomic E-state index is 0.953. The molecule has 1 aromatic rings. The number of allylic oxidation sites excluding steroid dienone is 1. The van der Waals surface area contributed by atoms with Crippen LogP contribution in [0.4, 0.5) is 0 Å². The van der Waals surface area contributed by atoms with Crippen LogP contribution in [0, 0.1) is 0 Å². The Morgan fingerprint density at radius 3 is 1.04 bits per heavy atom. The molecule has 0 spiro atoms. The van der Waals surface area contributed by atoms with E-state index in [0.29, 0.717) is 0 Å². The average Bonchev–Trinajstić information content (AvgIpc) is 3.07. The van der Waals surface area contributed by atoms with Gasteiger partial charge in [-0.15, -0.1) is 6.58 Å². The fraction of sp³-hybridized carbons (Fsp3) is 0.822. The van der Waals surface area contributed by atoms with Gasteiger partial charge >= 0.3 is 0 Å². The smallest absolute Gasteiger partial charge is 0.0842 e. The summed E-state index contributed by atoms with van der Waals surface area (Å²) in [5, 5.41) is 0. The monoisotopic (exact) mass is 656 g/mol. The molecule has 0 saturated carbocycles. The molecule has 0 fully saturated rings. The van der Waals surface area contributed by atoms with Crippen molar-refractivity contribution in [1.29, 1.82) is 0 Å². The van der Waals surface area contributed by atoms with Gasteiger partial charge in [0, 0.05) is 7.26 Å². The Morgan fingerprint density at radius 1 is 0.413 bits per heavy atom. The SMILES string of the molecule is C=CCCCCCCCCCCCC[P+](CCCCCCCCCCCC)(CCCCCCCCCCCC)Cc1ccccc1. The van der Waals surface area contributed by atoms with E-state index in [-0.39, 0.29) is 0 Å². The molecule has 0 aliphatic carbocycles. The van der Waals surface area contributed by atoms with Gasteiger partial charge < -0.3 is 0 Å². The molecule has 1 rings (SSSR count). The normalized spacial score (nSPS) is 11.8. The standard InChI is InChI=1S/C45H84P/c1-4-7-10-13-16-19-22-23-26-29-32-38-43-46(44-45-39-34-33-35-40-45,41-36-30-27-24-20-17-14-11-8-5-2)42-37-31-28-25-21-18-15-12-9-6-3/h4,33-35,39-40H,1,5-32,36-38,41-44H2,2-3H3/q+1. The molecule has 1 heteroatoms. The number of hydrogen-bond acceptors (Lipinski definition) is 0. The topological polar surface area (TPSA) is 0 Å². The van der Waals surface area contributed by atoms with Gasteiger partial charge in [-0.1, -0.05) is 198 Å². The zero-order chi connectivity index (χ0) is 33.1. The first-order valence-corrected chi connectivity index (χ1v) is 23.8. The van der Waals surface area contributed by atoms with Gasteiger partial charge in [-0.25, -0.2) is 0 Å². The van der Waals surface area contributed by atoms with Crippen LogP contribution < -0.4 is 0 Å². The third-order valence-corrected chi connectivity index (χ3v) is 15.5.